The molecule has 3 nitrogen and oxygen atoms in total. The highest BCUT2D eigenvalue weighted by molar-refractivity contribution is 9.09. The minimum absolute atomic E-state index is 0. The van der Waals surface area contributed by atoms with Gasteiger partial charge in [0.05, 0.1) is 0 Å². The molecule has 1 saturated heterocycles. The summed E-state index contributed by atoms with van der Waals surface area (Å²) in [4.78, 5) is 10.6. The van der Waals surface area contributed by atoms with E-state index < -0.39 is 5.97 Å². The van der Waals surface area contributed by atoms with Crippen molar-refractivity contribution in [2.24, 2.45) is 0 Å². The van der Waals surface area contributed by atoms with Gasteiger partial charge in [-0.1, -0.05) is 15.9 Å². The van der Waals surface area contributed by atoms with Crippen LogP contribution < -0.4 is 5.32 Å². The molecular weight excluding hydrogens is 221 g/mol. The lowest BCUT2D eigenvalue weighted by molar-refractivity contribution is -0.139. The Morgan fingerprint density at radius 3 is 2.50 bits per heavy atom. The first kappa shape index (κ1) is 10.2. The molecule has 1 rings (SSSR count). The van der Waals surface area contributed by atoms with E-state index in [2.05, 4.69) is 21.2 Å². The topological polar surface area (TPSA) is 49.3 Å². The van der Waals surface area contributed by atoms with Crippen LogP contribution in [0.15, 0.2) is 0 Å². The fourth-order valence-electron chi connectivity index (χ4n) is 0.881. The highest BCUT2D eigenvalue weighted by atomic mass is 79.9. The van der Waals surface area contributed by atoms with E-state index >= 15 is 0 Å². The van der Waals surface area contributed by atoms with Crippen LogP contribution in [-0.4, -0.2) is 28.5 Å². The summed E-state index contributed by atoms with van der Waals surface area (Å²) in [6, 6.07) is -0.339. The zero-order chi connectivity index (χ0) is 6.85. The molecule has 5 heteroatoms. The number of hydrogen-bond donors (Lipinski definition) is 2. The van der Waals surface area contributed by atoms with Gasteiger partial charge in [0.1, 0.15) is 6.04 Å². The predicted molar refractivity (Wildman–Crippen MR) is 44.0 cm³/mol. The summed E-state index contributed by atoms with van der Waals surface area (Å²) in [6.07, 6.45) is 0.690. The molecule has 0 aliphatic carbocycles. The molecule has 10 heavy (non-hydrogen) atoms. The lowest BCUT2D eigenvalue weighted by atomic mass is 10.2. The Kier molecular flexibility index (Phi) is 4.24. The van der Waals surface area contributed by atoms with Crippen molar-refractivity contribution < 1.29 is 9.90 Å². The highest BCUT2D eigenvalue weighted by Crippen LogP contribution is 2.13. The van der Waals surface area contributed by atoms with E-state index in [1.54, 1.807) is 0 Å². The van der Waals surface area contributed by atoms with Crippen LogP contribution in [0.25, 0.3) is 0 Å². The molecule has 2 atom stereocenters. The largest absolute Gasteiger partial charge is 0.480 e. The van der Waals surface area contributed by atoms with Gasteiger partial charge < -0.3 is 10.4 Å². The van der Waals surface area contributed by atoms with Gasteiger partial charge >= 0.3 is 5.97 Å². The summed E-state index contributed by atoms with van der Waals surface area (Å²) in [6.45, 7) is 0.761. The second kappa shape index (κ2) is 4.16. The van der Waals surface area contributed by atoms with E-state index in [0.717, 1.165) is 6.54 Å². The van der Waals surface area contributed by atoms with Crippen molar-refractivity contribution in [1.29, 1.82) is 0 Å². The standard InChI is InChI=1S/C5H8BrNO2.ClH/c6-3-1-4(5(8)9)7-2-3;/h3-4,7H,1-2H2,(H,8,9);1H. The first-order valence-electron chi connectivity index (χ1n) is 2.80. The fraction of sp³-hybridized carbons (Fsp3) is 0.800. The SMILES string of the molecule is Cl.O=C(O)C1CC(Br)CN1. The van der Waals surface area contributed by atoms with Crippen LogP contribution in [0.3, 0.4) is 0 Å². The molecule has 0 aromatic carbocycles. The molecule has 2 unspecified atom stereocenters. The molecule has 60 valence electrons. The third-order valence-electron chi connectivity index (χ3n) is 1.38. The summed E-state index contributed by atoms with van der Waals surface area (Å²) < 4.78 is 0. The third-order valence-corrected chi connectivity index (χ3v) is 2.07. The van der Waals surface area contributed by atoms with E-state index in [0.29, 0.717) is 11.2 Å². The maximum Gasteiger partial charge on any atom is 0.320 e. The zero-order valence-corrected chi connectivity index (χ0v) is 7.61. The molecule has 1 heterocycles. The first-order valence-corrected chi connectivity index (χ1v) is 3.72. The summed E-state index contributed by atoms with van der Waals surface area (Å²) in [5.41, 5.74) is 0. The number of hydrogen-bond acceptors (Lipinski definition) is 2. The lowest BCUT2D eigenvalue weighted by Gasteiger charge is -1.99. The first-order chi connectivity index (χ1) is 4.20. The van der Waals surface area contributed by atoms with Crippen LogP contribution in [-0.2, 0) is 4.79 Å². The molecule has 0 radical (unpaired) electrons. The summed E-state index contributed by atoms with van der Waals surface area (Å²) >= 11 is 3.32. The van der Waals surface area contributed by atoms with Gasteiger partial charge in [-0.05, 0) is 6.42 Å². The van der Waals surface area contributed by atoms with Crippen molar-refractivity contribution >= 4 is 34.3 Å². The van der Waals surface area contributed by atoms with Crippen molar-refractivity contribution in [1.82, 2.24) is 5.32 Å². The van der Waals surface area contributed by atoms with Gasteiger partial charge in [-0.2, -0.15) is 0 Å². The molecule has 0 bridgehead atoms. The Bertz CT molecular complexity index is 133. The van der Waals surface area contributed by atoms with Gasteiger partial charge in [-0.3, -0.25) is 4.79 Å². The van der Waals surface area contributed by atoms with Gasteiger partial charge in [0.2, 0.25) is 0 Å². The fourth-order valence-corrected chi connectivity index (χ4v) is 1.44. The molecule has 1 aliphatic heterocycles. The number of carboxylic acid groups (broad SMARTS) is 1. The summed E-state index contributed by atoms with van der Waals surface area (Å²) in [5, 5.41) is 11.3. The van der Waals surface area contributed by atoms with Gasteiger partial charge in [0.25, 0.3) is 0 Å². The lowest BCUT2D eigenvalue weighted by Crippen LogP contribution is -2.29. The van der Waals surface area contributed by atoms with E-state index in [1.165, 1.54) is 0 Å². The van der Waals surface area contributed by atoms with Crippen molar-refractivity contribution in [2.45, 2.75) is 17.3 Å². The number of aliphatic carboxylic acids is 1. The Morgan fingerprint density at radius 2 is 2.30 bits per heavy atom. The van der Waals surface area contributed by atoms with Crippen LogP contribution >= 0.6 is 28.3 Å². The Balaban J connectivity index is 0.000000810. The number of nitrogens with one attached hydrogen (secondary N) is 1. The predicted octanol–water partition coefficient (Wildman–Crippen LogP) is 0.618. The van der Waals surface area contributed by atoms with Gasteiger partial charge in [0, 0.05) is 11.4 Å². The summed E-state index contributed by atoms with van der Waals surface area (Å²) in [7, 11) is 0. The van der Waals surface area contributed by atoms with E-state index in [1.807, 2.05) is 0 Å². The molecular formula is C5H9BrClNO2. The van der Waals surface area contributed by atoms with Crippen LogP contribution in [0.5, 0.6) is 0 Å². The second-order valence-electron chi connectivity index (χ2n) is 2.13. The summed E-state index contributed by atoms with van der Waals surface area (Å²) in [5.74, 6) is -0.753. The highest BCUT2D eigenvalue weighted by Gasteiger charge is 2.26. The maximum absolute atomic E-state index is 10.3. The maximum atomic E-state index is 10.3. The molecule has 0 amide bonds. The number of rotatable bonds is 1. The Labute approximate surface area is 73.7 Å². The van der Waals surface area contributed by atoms with Crippen LogP contribution in [0.1, 0.15) is 6.42 Å². The van der Waals surface area contributed by atoms with Gasteiger partial charge in [-0.15, -0.1) is 12.4 Å². The third kappa shape index (κ3) is 2.44. The van der Waals surface area contributed by atoms with Crippen molar-refractivity contribution in [3.63, 3.8) is 0 Å². The van der Waals surface area contributed by atoms with Crippen LogP contribution in [0.2, 0.25) is 0 Å². The Hall–Kier alpha value is 0.200. The molecule has 0 aromatic rings. The van der Waals surface area contributed by atoms with Crippen LogP contribution in [0.4, 0.5) is 0 Å². The molecule has 0 saturated carbocycles. The number of carbonyl (C=O) groups is 1. The smallest absolute Gasteiger partial charge is 0.320 e. The number of carboxylic acids is 1. The van der Waals surface area contributed by atoms with E-state index in [-0.39, 0.29) is 18.4 Å². The minimum atomic E-state index is -0.753. The zero-order valence-electron chi connectivity index (χ0n) is 5.21. The normalized spacial score (nSPS) is 31.3. The molecule has 1 aliphatic rings. The average molecular weight is 230 g/mol. The molecule has 0 aromatic heterocycles. The molecule has 2 N–H and O–H groups in total. The number of halogens is 2. The Morgan fingerprint density at radius 1 is 1.70 bits per heavy atom. The quantitative estimate of drug-likeness (QED) is 0.649. The van der Waals surface area contributed by atoms with E-state index in [4.69, 9.17) is 5.11 Å². The van der Waals surface area contributed by atoms with Gasteiger partial charge in [-0.25, -0.2) is 0 Å². The van der Waals surface area contributed by atoms with Crippen molar-refractivity contribution in [3.8, 4) is 0 Å². The van der Waals surface area contributed by atoms with Crippen molar-refractivity contribution in [2.75, 3.05) is 6.54 Å². The number of alkyl halides is 1. The minimum Gasteiger partial charge on any atom is -0.480 e. The monoisotopic (exact) mass is 229 g/mol. The van der Waals surface area contributed by atoms with Crippen molar-refractivity contribution in [3.05, 3.63) is 0 Å². The average Bonchev–Trinajstić information content (AvgIpc) is 2.14. The van der Waals surface area contributed by atoms with Gasteiger partial charge in [0.15, 0.2) is 0 Å². The van der Waals surface area contributed by atoms with Crippen LogP contribution in [0, 0.1) is 0 Å². The second-order valence-corrected chi connectivity index (χ2v) is 3.43. The van der Waals surface area contributed by atoms with E-state index in [9.17, 15) is 4.79 Å². The molecule has 1 fully saturated rings. The molecule has 0 spiro atoms.